The van der Waals surface area contributed by atoms with Crippen molar-refractivity contribution in [3.05, 3.63) is 18.2 Å². The average Bonchev–Trinajstić information content (AvgIpc) is 3.07. The molecule has 144 valence electrons. The molecule has 2 amide bonds. The molecule has 2 fully saturated rings. The van der Waals surface area contributed by atoms with E-state index in [2.05, 4.69) is 15.2 Å². The van der Waals surface area contributed by atoms with Crippen LogP contribution in [-0.2, 0) is 27.9 Å². The Morgan fingerprint density at radius 2 is 2.15 bits per heavy atom. The van der Waals surface area contributed by atoms with Crippen molar-refractivity contribution in [2.45, 2.75) is 25.8 Å². The number of aryl methyl sites for hydroxylation is 1. The van der Waals surface area contributed by atoms with Crippen LogP contribution in [-0.4, -0.2) is 77.1 Å². The third-order valence-corrected chi connectivity index (χ3v) is 5.22. The molecule has 26 heavy (non-hydrogen) atoms. The highest BCUT2D eigenvalue weighted by molar-refractivity contribution is 5.83. The van der Waals surface area contributed by atoms with E-state index in [9.17, 15) is 9.59 Å². The molecule has 3 heterocycles. The zero-order chi connectivity index (χ0) is 18.4. The van der Waals surface area contributed by atoms with Crippen molar-refractivity contribution in [3.63, 3.8) is 0 Å². The van der Waals surface area contributed by atoms with Crippen LogP contribution < -0.4 is 5.32 Å². The molecule has 2 saturated heterocycles. The summed E-state index contributed by atoms with van der Waals surface area (Å²) in [6, 6.07) is 0. The fourth-order valence-corrected chi connectivity index (χ4v) is 3.53. The summed E-state index contributed by atoms with van der Waals surface area (Å²) >= 11 is 0. The topological polar surface area (TPSA) is 79.7 Å². The first-order chi connectivity index (χ1) is 12.6. The van der Waals surface area contributed by atoms with E-state index in [1.54, 1.807) is 6.20 Å². The number of nitrogens with one attached hydrogen (secondary N) is 1. The first kappa shape index (κ1) is 18.8. The fraction of sp³-hybridized carbons (Fsp3) is 0.722. The standard InChI is InChI=1S/C18H29N5O3/c1-21-8-5-19-16(21)13-20-18(25)15-3-4-17(24)23(14-15)7-2-6-22-9-11-26-12-10-22/h5,8,15H,2-4,6-7,9-14H2,1H3,(H,20,25). The summed E-state index contributed by atoms with van der Waals surface area (Å²) in [5.74, 6) is 0.878. The second-order valence-electron chi connectivity index (χ2n) is 7.06. The second kappa shape index (κ2) is 9.14. The Labute approximate surface area is 154 Å². The van der Waals surface area contributed by atoms with E-state index in [0.29, 0.717) is 25.9 Å². The summed E-state index contributed by atoms with van der Waals surface area (Å²) < 4.78 is 7.25. The molecule has 2 aliphatic heterocycles. The Morgan fingerprint density at radius 1 is 1.35 bits per heavy atom. The van der Waals surface area contributed by atoms with E-state index < -0.39 is 0 Å². The van der Waals surface area contributed by atoms with Crippen LogP contribution >= 0.6 is 0 Å². The van der Waals surface area contributed by atoms with E-state index in [1.165, 1.54) is 0 Å². The molecule has 0 bridgehead atoms. The number of carbonyl (C=O) groups is 2. The molecule has 2 aliphatic rings. The van der Waals surface area contributed by atoms with Crippen LogP contribution in [0.1, 0.15) is 25.1 Å². The van der Waals surface area contributed by atoms with Crippen LogP contribution in [0.5, 0.6) is 0 Å². The second-order valence-corrected chi connectivity index (χ2v) is 7.06. The third-order valence-electron chi connectivity index (χ3n) is 5.22. The van der Waals surface area contributed by atoms with Gasteiger partial charge in [0.1, 0.15) is 5.82 Å². The van der Waals surface area contributed by atoms with Crippen molar-refractivity contribution in [2.24, 2.45) is 13.0 Å². The van der Waals surface area contributed by atoms with Crippen molar-refractivity contribution in [2.75, 3.05) is 45.9 Å². The highest BCUT2D eigenvalue weighted by atomic mass is 16.5. The summed E-state index contributed by atoms with van der Waals surface area (Å²) in [6.07, 6.45) is 5.60. The Balaban J connectivity index is 1.42. The first-order valence-corrected chi connectivity index (χ1v) is 9.45. The summed E-state index contributed by atoms with van der Waals surface area (Å²) in [5.41, 5.74) is 0. The van der Waals surface area contributed by atoms with E-state index in [1.807, 2.05) is 22.7 Å². The SMILES string of the molecule is Cn1ccnc1CNC(=O)C1CCC(=O)N(CCCN2CCOCC2)C1. The van der Waals surface area contributed by atoms with Gasteiger partial charge in [-0.2, -0.15) is 0 Å². The maximum atomic E-state index is 12.5. The summed E-state index contributed by atoms with van der Waals surface area (Å²) in [6.45, 7) is 6.15. The van der Waals surface area contributed by atoms with Crippen LogP contribution in [0.3, 0.4) is 0 Å². The van der Waals surface area contributed by atoms with Gasteiger partial charge in [-0.05, 0) is 12.8 Å². The van der Waals surface area contributed by atoms with Gasteiger partial charge in [-0.1, -0.05) is 0 Å². The van der Waals surface area contributed by atoms with Gasteiger partial charge in [-0.3, -0.25) is 14.5 Å². The van der Waals surface area contributed by atoms with Crippen LogP contribution in [0, 0.1) is 5.92 Å². The molecule has 8 nitrogen and oxygen atoms in total. The Hall–Kier alpha value is -1.93. The number of nitrogens with zero attached hydrogens (tertiary/aromatic N) is 4. The number of likely N-dealkylation sites (tertiary alicyclic amines) is 1. The van der Waals surface area contributed by atoms with Crippen LogP contribution in [0.4, 0.5) is 0 Å². The van der Waals surface area contributed by atoms with Crippen molar-refractivity contribution >= 4 is 11.8 Å². The molecule has 3 rings (SSSR count). The predicted molar refractivity (Wildman–Crippen MR) is 96.2 cm³/mol. The smallest absolute Gasteiger partial charge is 0.225 e. The zero-order valence-corrected chi connectivity index (χ0v) is 15.5. The molecule has 0 spiro atoms. The number of ether oxygens (including phenoxy) is 1. The van der Waals surface area contributed by atoms with Crippen molar-refractivity contribution in [3.8, 4) is 0 Å². The lowest BCUT2D eigenvalue weighted by molar-refractivity contribution is -0.138. The van der Waals surface area contributed by atoms with Gasteiger partial charge >= 0.3 is 0 Å². The maximum Gasteiger partial charge on any atom is 0.225 e. The molecule has 0 saturated carbocycles. The van der Waals surface area contributed by atoms with Gasteiger partial charge in [0.05, 0.1) is 25.7 Å². The van der Waals surface area contributed by atoms with Crippen LogP contribution in [0.25, 0.3) is 0 Å². The lowest BCUT2D eigenvalue weighted by atomic mass is 9.96. The molecule has 1 N–H and O–H groups in total. The number of imidazole rings is 1. The molecule has 1 aromatic heterocycles. The molecule has 1 aromatic rings. The normalized spacial score (nSPS) is 21.8. The highest BCUT2D eigenvalue weighted by Gasteiger charge is 2.30. The van der Waals surface area contributed by atoms with Gasteiger partial charge in [0.15, 0.2) is 0 Å². The van der Waals surface area contributed by atoms with Gasteiger partial charge in [0, 0.05) is 58.6 Å². The summed E-state index contributed by atoms with van der Waals surface area (Å²) in [4.78, 5) is 33.1. The zero-order valence-electron chi connectivity index (χ0n) is 15.5. The minimum absolute atomic E-state index is 0.0127. The molecule has 0 aromatic carbocycles. The first-order valence-electron chi connectivity index (χ1n) is 9.45. The third kappa shape index (κ3) is 5.04. The number of amides is 2. The largest absolute Gasteiger partial charge is 0.379 e. The summed E-state index contributed by atoms with van der Waals surface area (Å²) in [7, 11) is 1.91. The quantitative estimate of drug-likeness (QED) is 0.738. The van der Waals surface area contributed by atoms with Crippen molar-refractivity contribution in [1.29, 1.82) is 0 Å². The number of morpholine rings is 1. The van der Waals surface area contributed by atoms with Crippen molar-refractivity contribution < 1.29 is 14.3 Å². The number of hydrogen-bond donors (Lipinski definition) is 1. The molecule has 0 aliphatic carbocycles. The molecule has 8 heteroatoms. The van der Waals surface area contributed by atoms with Gasteiger partial charge < -0.3 is 19.5 Å². The van der Waals surface area contributed by atoms with E-state index >= 15 is 0 Å². The van der Waals surface area contributed by atoms with E-state index in [4.69, 9.17) is 4.74 Å². The van der Waals surface area contributed by atoms with Gasteiger partial charge in [-0.25, -0.2) is 4.98 Å². The molecule has 0 radical (unpaired) electrons. The number of carbonyl (C=O) groups excluding carboxylic acids is 2. The van der Waals surface area contributed by atoms with Crippen molar-refractivity contribution in [1.82, 2.24) is 24.7 Å². The molecule has 1 unspecified atom stereocenters. The van der Waals surface area contributed by atoms with Gasteiger partial charge in [0.25, 0.3) is 0 Å². The minimum atomic E-state index is -0.128. The lowest BCUT2D eigenvalue weighted by Gasteiger charge is -2.33. The molecule has 1 atom stereocenters. The number of rotatable bonds is 7. The highest BCUT2D eigenvalue weighted by Crippen LogP contribution is 2.18. The predicted octanol–water partition coefficient (Wildman–Crippen LogP) is -0.00280. The Kier molecular flexibility index (Phi) is 6.62. The number of aromatic nitrogens is 2. The van der Waals surface area contributed by atoms with E-state index in [-0.39, 0.29) is 17.7 Å². The fourth-order valence-electron chi connectivity index (χ4n) is 3.53. The Morgan fingerprint density at radius 3 is 2.88 bits per heavy atom. The van der Waals surface area contributed by atoms with Gasteiger partial charge in [-0.15, -0.1) is 0 Å². The Bertz CT molecular complexity index is 612. The van der Waals surface area contributed by atoms with Gasteiger partial charge in [0.2, 0.25) is 11.8 Å². The summed E-state index contributed by atoms with van der Waals surface area (Å²) in [5, 5.41) is 2.96. The molecular formula is C18H29N5O3. The van der Waals surface area contributed by atoms with Crippen LogP contribution in [0.15, 0.2) is 12.4 Å². The lowest BCUT2D eigenvalue weighted by Crippen LogP contribution is -2.46. The van der Waals surface area contributed by atoms with E-state index in [0.717, 1.165) is 51.6 Å². The maximum absolute atomic E-state index is 12.5. The monoisotopic (exact) mass is 363 g/mol. The average molecular weight is 363 g/mol. The number of hydrogen-bond acceptors (Lipinski definition) is 5. The minimum Gasteiger partial charge on any atom is -0.379 e. The van der Waals surface area contributed by atoms with Crippen LogP contribution in [0.2, 0.25) is 0 Å². The number of piperidine rings is 1. The molecular weight excluding hydrogens is 334 g/mol.